The second-order valence-electron chi connectivity index (χ2n) is 6.65. The van der Waals surface area contributed by atoms with Crippen molar-refractivity contribution in [3.05, 3.63) is 53.7 Å². The first-order valence-corrected chi connectivity index (χ1v) is 10.4. The number of amides is 1. The van der Waals surface area contributed by atoms with Crippen LogP contribution in [-0.4, -0.2) is 47.8 Å². The number of carbonyl (C=O) groups is 1. The summed E-state index contributed by atoms with van der Waals surface area (Å²) in [7, 11) is 1.71. The maximum absolute atomic E-state index is 12.5. The van der Waals surface area contributed by atoms with Crippen molar-refractivity contribution >= 4 is 17.7 Å². The van der Waals surface area contributed by atoms with E-state index in [1.54, 1.807) is 31.1 Å². The van der Waals surface area contributed by atoms with E-state index in [0.29, 0.717) is 5.56 Å². The van der Waals surface area contributed by atoms with Crippen LogP contribution in [0.2, 0.25) is 0 Å². The van der Waals surface area contributed by atoms with E-state index in [1.165, 1.54) is 5.56 Å². The monoisotopic (exact) mass is 385 g/mol. The van der Waals surface area contributed by atoms with E-state index in [-0.39, 0.29) is 11.9 Å². The Morgan fingerprint density at radius 3 is 2.81 bits per heavy atom. The number of thioether (sulfide) groups is 1. The fraction of sp³-hybridized carbons (Fsp3) is 0.429. The van der Waals surface area contributed by atoms with Gasteiger partial charge < -0.3 is 10.1 Å². The van der Waals surface area contributed by atoms with Gasteiger partial charge in [-0.05, 0) is 36.8 Å². The average Bonchev–Trinajstić information content (AvgIpc) is 2.70. The highest BCUT2D eigenvalue weighted by molar-refractivity contribution is 7.99. The van der Waals surface area contributed by atoms with Crippen LogP contribution >= 0.6 is 11.8 Å². The lowest BCUT2D eigenvalue weighted by Gasteiger charge is -2.32. The third-order valence-electron chi connectivity index (χ3n) is 4.80. The molecule has 144 valence electrons. The second kappa shape index (κ2) is 9.76. The van der Waals surface area contributed by atoms with Crippen molar-refractivity contribution in [3.63, 3.8) is 0 Å². The van der Waals surface area contributed by atoms with Crippen molar-refractivity contribution in [3.8, 4) is 5.75 Å². The molecule has 6 heteroatoms. The lowest BCUT2D eigenvalue weighted by Crippen LogP contribution is -2.44. The number of aromatic nitrogens is 1. The molecule has 3 rings (SSSR count). The van der Waals surface area contributed by atoms with Gasteiger partial charge in [0.2, 0.25) is 0 Å². The van der Waals surface area contributed by atoms with Crippen LogP contribution in [0.15, 0.2) is 47.6 Å². The van der Waals surface area contributed by atoms with Gasteiger partial charge >= 0.3 is 0 Å². The van der Waals surface area contributed by atoms with E-state index in [0.717, 1.165) is 49.0 Å². The highest BCUT2D eigenvalue weighted by Crippen LogP contribution is 2.22. The molecule has 1 aliphatic rings. The Labute approximate surface area is 165 Å². The molecule has 1 aromatic heterocycles. The third kappa shape index (κ3) is 5.47. The second-order valence-corrected chi connectivity index (χ2v) is 7.94. The van der Waals surface area contributed by atoms with Crippen LogP contribution in [0.25, 0.3) is 0 Å². The molecule has 27 heavy (non-hydrogen) atoms. The van der Waals surface area contributed by atoms with Crippen LogP contribution in [0.3, 0.4) is 0 Å². The van der Waals surface area contributed by atoms with Gasteiger partial charge in [0.25, 0.3) is 5.91 Å². The van der Waals surface area contributed by atoms with E-state index >= 15 is 0 Å². The normalized spacial score (nSPS) is 15.5. The standard InChI is InChI=1S/C21H27N3O2S/c1-3-27-20-14-16(8-11-22-20)21(25)23-18-9-12-24(13-10-18)15-17-6-4-5-7-19(17)26-2/h4-8,11,14,18H,3,9-10,12-13,15H2,1-2H3,(H,23,25). The summed E-state index contributed by atoms with van der Waals surface area (Å²) in [6.07, 6.45) is 3.63. The minimum absolute atomic E-state index is 0.00136. The molecule has 1 amide bonds. The number of nitrogens with zero attached hydrogens (tertiary/aromatic N) is 2. The number of para-hydroxylation sites is 1. The first-order valence-electron chi connectivity index (χ1n) is 9.43. The van der Waals surface area contributed by atoms with Crippen molar-refractivity contribution in [2.24, 2.45) is 0 Å². The highest BCUT2D eigenvalue weighted by Gasteiger charge is 2.22. The van der Waals surface area contributed by atoms with Crippen LogP contribution in [0.4, 0.5) is 0 Å². The number of methoxy groups -OCH3 is 1. The first-order chi connectivity index (χ1) is 13.2. The molecule has 2 aromatic rings. The SMILES string of the molecule is CCSc1cc(C(=O)NC2CCN(Cc3ccccc3OC)CC2)ccn1. The maximum Gasteiger partial charge on any atom is 0.251 e. The van der Waals surface area contributed by atoms with Crippen molar-refractivity contribution in [2.45, 2.75) is 37.4 Å². The Morgan fingerprint density at radius 2 is 2.07 bits per heavy atom. The maximum atomic E-state index is 12.5. The molecule has 0 atom stereocenters. The molecule has 5 nitrogen and oxygen atoms in total. The fourth-order valence-electron chi connectivity index (χ4n) is 3.36. The number of benzene rings is 1. The van der Waals surface area contributed by atoms with Gasteiger partial charge in [-0.25, -0.2) is 4.98 Å². The van der Waals surface area contributed by atoms with Gasteiger partial charge in [0.15, 0.2) is 0 Å². The molecule has 0 bridgehead atoms. The summed E-state index contributed by atoms with van der Waals surface area (Å²) in [6.45, 7) is 4.90. The van der Waals surface area contributed by atoms with Crippen molar-refractivity contribution in [1.29, 1.82) is 0 Å². The molecule has 0 aliphatic carbocycles. The van der Waals surface area contributed by atoms with Crippen LogP contribution < -0.4 is 10.1 Å². The fourth-order valence-corrected chi connectivity index (χ4v) is 4.00. The van der Waals surface area contributed by atoms with Crippen molar-refractivity contribution in [1.82, 2.24) is 15.2 Å². The minimum atomic E-state index is -0.00136. The minimum Gasteiger partial charge on any atom is -0.496 e. The Morgan fingerprint density at radius 1 is 1.30 bits per heavy atom. The lowest BCUT2D eigenvalue weighted by molar-refractivity contribution is 0.0908. The summed E-state index contributed by atoms with van der Waals surface area (Å²) in [5.74, 6) is 1.88. The number of hydrogen-bond donors (Lipinski definition) is 1. The van der Waals surface area contributed by atoms with Crippen molar-refractivity contribution < 1.29 is 9.53 Å². The Bertz CT molecular complexity index is 761. The summed E-state index contributed by atoms with van der Waals surface area (Å²) in [6, 6.07) is 12.0. The topological polar surface area (TPSA) is 54.5 Å². The number of nitrogens with one attached hydrogen (secondary N) is 1. The zero-order chi connectivity index (χ0) is 19.1. The number of piperidine rings is 1. The van der Waals surface area contributed by atoms with E-state index < -0.39 is 0 Å². The van der Waals surface area contributed by atoms with E-state index in [4.69, 9.17) is 4.74 Å². The van der Waals surface area contributed by atoms with Gasteiger partial charge in [-0.2, -0.15) is 0 Å². The predicted octanol–water partition coefficient (Wildman–Crippen LogP) is 3.60. The van der Waals surface area contributed by atoms with E-state index in [9.17, 15) is 4.79 Å². The number of likely N-dealkylation sites (tertiary alicyclic amines) is 1. The number of hydrogen-bond acceptors (Lipinski definition) is 5. The number of pyridine rings is 1. The smallest absolute Gasteiger partial charge is 0.251 e. The van der Waals surface area contributed by atoms with Gasteiger partial charge in [0, 0.05) is 43.0 Å². The number of rotatable bonds is 7. The van der Waals surface area contributed by atoms with Gasteiger partial charge in [-0.1, -0.05) is 25.1 Å². The molecule has 0 saturated carbocycles. The molecule has 1 aromatic carbocycles. The summed E-state index contributed by atoms with van der Waals surface area (Å²) in [5, 5.41) is 4.08. The molecule has 1 N–H and O–H groups in total. The summed E-state index contributed by atoms with van der Waals surface area (Å²) >= 11 is 1.65. The third-order valence-corrected chi connectivity index (χ3v) is 5.61. The van der Waals surface area contributed by atoms with Gasteiger partial charge in [0.05, 0.1) is 12.1 Å². The zero-order valence-corrected chi connectivity index (χ0v) is 16.8. The average molecular weight is 386 g/mol. The van der Waals surface area contributed by atoms with Crippen LogP contribution in [0, 0.1) is 0 Å². The zero-order valence-electron chi connectivity index (χ0n) is 16.0. The lowest BCUT2D eigenvalue weighted by atomic mass is 10.0. The molecule has 0 unspecified atom stereocenters. The Hall–Kier alpha value is -2.05. The number of ether oxygens (including phenoxy) is 1. The summed E-state index contributed by atoms with van der Waals surface area (Å²) in [4.78, 5) is 19.3. The summed E-state index contributed by atoms with van der Waals surface area (Å²) in [5.41, 5.74) is 1.90. The highest BCUT2D eigenvalue weighted by atomic mass is 32.2. The van der Waals surface area contributed by atoms with Gasteiger partial charge in [-0.15, -0.1) is 11.8 Å². The van der Waals surface area contributed by atoms with E-state index in [1.807, 2.05) is 24.3 Å². The molecule has 0 spiro atoms. The predicted molar refractivity (Wildman–Crippen MR) is 109 cm³/mol. The van der Waals surface area contributed by atoms with Crippen molar-refractivity contribution in [2.75, 3.05) is 26.0 Å². The molecular weight excluding hydrogens is 358 g/mol. The molecule has 1 saturated heterocycles. The number of carbonyl (C=O) groups excluding carboxylic acids is 1. The quantitative estimate of drug-likeness (QED) is 0.738. The first kappa shape index (κ1) is 19.7. The van der Waals surface area contributed by atoms with Crippen LogP contribution in [-0.2, 0) is 6.54 Å². The molecular formula is C21H27N3O2S. The van der Waals surface area contributed by atoms with Gasteiger partial charge in [-0.3, -0.25) is 9.69 Å². The van der Waals surface area contributed by atoms with E-state index in [2.05, 4.69) is 28.2 Å². The molecule has 2 heterocycles. The molecule has 1 fully saturated rings. The Kier molecular flexibility index (Phi) is 7.12. The van der Waals surface area contributed by atoms with Gasteiger partial charge in [0.1, 0.15) is 5.75 Å². The molecule has 1 aliphatic heterocycles. The largest absolute Gasteiger partial charge is 0.496 e. The van der Waals surface area contributed by atoms with Crippen LogP contribution in [0.1, 0.15) is 35.7 Å². The Balaban J connectivity index is 1.50. The van der Waals surface area contributed by atoms with Crippen LogP contribution in [0.5, 0.6) is 5.75 Å². The summed E-state index contributed by atoms with van der Waals surface area (Å²) < 4.78 is 5.45. The molecule has 0 radical (unpaired) electrons.